The highest BCUT2D eigenvalue weighted by molar-refractivity contribution is 5.76. The lowest BCUT2D eigenvalue weighted by Gasteiger charge is -2.35. The van der Waals surface area contributed by atoms with Crippen LogP contribution < -0.4 is 15.4 Å². The van der Waals surface area contributed by atoms with Gasteiger partial charge in [0.2, 0.25) is 5.91 Å². The zero-order valence-corrected chi connectivity index (χ0v) is 16.1. The largest absolute Gasteiger partial charge is 0.493 e. The molecule has 1 aliphatic rings. The number of aryl methyl sites for hydroxylation is 2. The Morgan fingerprint density at radius 2 is 1.93 bits per heavy atom. The maximum atomic E-state index is 13.3. The van der Waals surface area contributed by atoms with Crippen LogP contribution in [0.4, 0.5) is 13.2 Å². The van der Waals surface area contributed by atoms with Crippen molar-refractivity contribution >= 4 is 5.91 Å². The molecule has 1 aromatic carbocycles. The molecule has 0 radical (unpaired) electrons. The molecule has 0 spiro atoms. The maximum absolute atomic E-state index is 13.3. The third-order valence-electron chi connectivity index (χ3n) is 4.81. The van der Waals surface area contributed by atoms with E-state index in [1.165, 1.54) is 4.90 Å². The minimum Gasteiger partial charge on any atom is -0.493 e. The van der Waals surface area contributed by atoms with Gasteiger partial charge in [-0.25, -0.2) is 0 Å². The van der Waals surface area contributed by atoms with Gasteiger partial charge in [0.1, 0.15) is 11.8 Å². The average Bonchev–Trinajstić information content (AvgIpc) is 2.59. The molecule has 0 saturated carbocycles. The first kappa shape index (κ1) is 21.5. The fourth-order valence-corrected chi connectivity index (χ4v) is 3.15. The fourth-order valence-electron chi connectivity index (χ4n) is 3.15. The number of halogens is 3. The summed E-state index contributed by atoms with van der Waals surface area (Å²) in [6, 6.07) is 2.28. The lowest BCUT2D eigenvalue weighted by atomic mass is 10.1. The van der Waals surface area contributed by atoms with Crippen molar-refractivity contribution in [1.82, 2.24) is 15.5 Å². The van der Waals surface area contributed by atoms with Crippen LogP contribution in [0.1, 0.15) is 23.1 Å². The number of rotatable bonds is 7. The summed E-state index contributed by atoms with van der Waals surface area (Å²) < 4.78 is 45.6. The Bertz CT molecular complexity index is 644. The third-order valence-corrected chi connectivity index (χ3v) is 4.81. The number of hydrogen-bond donors (Lipinski definition) is 2. The van der Waals surface area contributed by atoms with E-state index in [0.717, 1.165) is 16.7 Å². The van der Waals surface area contributed by atoms with Gasteiger partial charge in [-0.3, -0.25) is 9.69 Å². The van der Waals surface area contributed by atoms with Gasteiger partial charge in [-0.1, -0.05) is 6.07 Å². The highest BCUT2D eigenvalue weighted by atomic mass is 19.4. The second-order valence-electron chi connectivity index (χ2n) is 6.95. The van der Waals surface area contributed by atoms with E-state index in [4.69, 9.17) is 4.74 Å². The summed E-state index contributed by atoms with van der Waals surface area (Å²) in [6.45, 7) is 7.22. The summed E-state index contributed by atoms with van der Waals surface area (Å²) in [7, 11) is 0. The van der Waals surface area contributed by atoms with E-state index in [0.29, 0.717) is 31.9 Å². The quantitative estimate of drug-likeness (QED) is 0.754. The van der Waals surface area contributed by atoms with Crippen LogP contribution in [0.2, 0.25) is 0 Å². The van der Waals surface area contributed by atoms with Crippen molar-refractivity contribution in [3.05, 3.63) is 28.8 Å². The summed E-state index contributed by atoms with van der Waals surface area (Å²) in [4.78, 5) is 13.3. The van der Waals surface area contributed by atoms with Crippen molar-refractivity contribution in [1.29, 1.82) is 0 Å². The van der Waals surface area contributed by atoms with Gasteiger partial charge < -0.3 is 15.4 Å². The Balaban J connectivity index is 1.82. The zero-order valence-electron chi connectivity index (χ0n) is 16.1. The molecular formula is C19H28F3N3O2. The molecule has 0 aromatic heterocycles. The minimum absolute atomic E-state index is 0.0125. The number of hydrogen-bond acceptors (Lipinski definition) is 4. The van der Waals surface area contributed by atoms with E-state index in [-0.39, 0.29) is 13.0 Å². The van der Waals surface area contributed by atoms with Crippen LogP contribution in [-0.2, 0) is 4.79 Å². The van der Waals surface area contributed by atoms with E-state index < -0.39 is 24.7 Å². The fraction of sp³-hybridized carbons (Fsp3) is 0.632. The minimum atomic E-state index is -4.38. The normalized spacial score (nSPS) is 16.8. The third kappa shape index (κ3) is 6.39. The number of ether oxygens (including phenoxy) is 1. The SMILES string of the molecule is Cc1cc(C)c(C)c(OCCC(=O)NCC(N2CCNCC2)C(F)(F)F)c1. The van der Waals surface area contributed by atoms with E-state index >= 15 is 0 Å². The second kappa shape index (κ2) is 9.41. The molecule has 1 amide bonds. The molecule has 8 heteroatoms. The van der Waals surface area contributed by atoms with Crippen LogP contribution in [0, 0.1) is 20.8 Å². The second-order valence-corrected chi connectivity index (χ2v) is 6.95. The van der Waals surface area contributed by atoms with Crippen LogP contribution in [0.5, 0.6) is 5.75 Å². The van der Waals surface area contributed by atoms with Crippen molar-refractivity contribution < 1.29 is 22.7 Å². The lowest BCUT2D eigenvalue weighted by Crippen LogP contribution is -2.57. The predicted octanol–water partition coefficient (Wildman–Crippen LogP) is 2.33. The molecule has 5 nitrogen and oxygen atoms in total. The first-order valence-corrected chi connectivity index (χ1v) is 9.17. The molecule has 1 atom stereocenters. The molecule has 1 fully saturated rings. The van der Waals surface area contributed by atoms with Gasteiger partial charge in [-0.15, -0.1) is 0 Å². The number of benzene rings is 1. The predicted molar refractivity (Wildman–Crippen MR) is 98.1 cm³/mol. The van der Waals surface area contributed by atoms with Crippen LogP contribution in [0.3, 0.4) is 0 Å². The standard InChI is InChI=1S/C19H28F3N3O2/c1-13-10-14(2)15(3)16(11-13)27-9-4-18(26)24-12-17(19(20,21)22)25-7-5-23-6-8-25/h10-11,17,23H,4-9,12H2,1-3H3,(H,24,26). The van der Waals surface area contributed by atoms with Gasteiger partial charge in [-0.05, 0) is 43.5 Å². The van der Waals surface area contributed by atoms with E-state index in [2.05, 4.69) is 10.6 Å². The Morgan fingerprint density at radius 3 is 2.56 bits per heavy atom. The Hall–Kier alpha value is -1.80. The summed E-state index contributed by atoms with van der Waals surface area (Å²) >= 11 is 0. The molecule has 1 aliphatic heterocycles. The first-order chi connectivity index (χ1) is 12.7. The van der Waals surface area contributed by atoms with Gasteiger partial charge in [0, 0.05) is 32.7 Å². The molecular weight excluding hydrogens is 359 g/mol. The number of alkyl halides is 3. The number of carbonyl (C=O) groups excluding carboxylic acids is 1. The Kier molecular flexibility index (Phi) is 7.49. The van der Waals surface area contributed by atoms with Crippen molar-refractivity contribution in [2.24, 2.45) is 0 Å². The summed E-state index contributed by atoms with van der Waals surface area (Å²) in [5.74, 6) is 0.260. The van der Waals surface area contributed by atoms with Crippen molar-refractivity contribution in [3.8, 4) is 5.75 Å². The maximum Gasteiger partial charge on any atom is 0.405 e. The van der Waals surface area contributed by atoms with Gasteiger partial charge >= 0.3 is 6.18 Å². The number of amides is 1. The highest BCUT2D eigenvalue weighted by Gasteiger charge is 2.43. The van der Waals surface area contributed by atoms with Gasteiger partial charge in [0.05, 0.1) is 13.0 Å². The highest BCUT2D eigenvalue weighted by Crippen LogP contribution is 2.25. The monoisotopic (exact) mass is 387 g/mol. The Labute approximate surface area is 158 Å². The van der Waals surface area contributed by atoms with E-state index in [1.54, 1.807) is 0 Å². The molecule has 2 N–H and O–H groups in total. The topological polar surface area (TPSA) is 53.6 Å². The van der Waals surface area contributed by atoms with Crippen molar-refractivity contribution in [3.63, 3.8) is 0 Å². The number of nitrogens with zero attached hydrogens (tertiary/aromatic N) is 1. The average molecular weight is 387 g/mol. The molecule has 0 aliphatic carbocycles. The van der Waals surface area contributed by atoms with Gasteiger partial charge in [0.25, 0.3) is 0 Å². The van der Waals surface area contributed by atoms with Crippen LogP contribution in [0.15, 0.2) is 12.1 Å². The zero-order chi connectivity index (χ0) is 20.0. The molecule has 1 aromatic rings. The number of nitrogens with one attached hydrogen (secondary N) is 2. The van der Waals surface area contributed by atoms with Gasteiger partial charge in [0.15, 0.2) is 0 Å². The van der Waals surface area contributed by atoms with Crippen molar-refractivity contribution in [2.75, 3.05) is 39.3 Å². The summed E-state index contributed by atoms with van der Waals surface area (Å²) in [5, 5.41) is 5.44. The number of carbonyl (C=O) groups is 1. The smallest absolute Gasteiger partial charge is 0.405 e. The molecule has 0 bridgehead atoms. The molecule has 2 rings (SSSR count). The number of piperazine rings is 1. The van der Waals surface area contributed by atoms with E-state index in [9.17, 15) is 18.0 Å². The summed E-state index contributed by atoms with van der Waals surface area (Å²) in [6.07, 6.45) is -4.37. The first-order valence-electron chi connectivity index (χ1n) is 9.17. The Morgan fingerprint density at radius 1 is 1.26 bits per heavy atom. The molecule has 152 valence electrons. The molecule has 27 heavy (non-hydrogen) atoms. The summed E-state index contributed by atoms with van der Waals surface area (Å²) in [5.41, 5.74) is 3.15. The van der Waals surface area contributed by atoms with Crippen LogP contribution in [0.25, 0.3) is 0 Å². The molecule has 1 heterocycles. The van der Waals surface area contributed by atoms with Crippen LogP contribution in [-0.4, -0.2) is 62.4 Å². The molecule has 1 saturated heterocycles. The molecule has 1 unspecified atom stereocenters. The van der Waals surface area contributed by atoms with Gasteiger partial charge in [-0.2, -0.15) is 13.2 Å². The van der Waals surface area contributed by atoms with Crippen LogP contribution >= 0.6 is 0 Å². The van der Waals surface area contributed by atoms with Crippen molar-refractivity contribution in [2.45, 2.75) is 39.4 Å². The van der Waals surface area contributed by atoms with E-state index in [1.807, 2.05) is 32.9 Å². The lowest BCUT2D eigenvalue weighted by molar-refractivity contribution is -0.184.